The minimum atomic E-state index is -0.574. The molecule has 0 saturated carbocycles. The molecule has 3 rings (SSSR count). The van der Waals surface area contributed by atoms with E-state index in [0.29, 0.717) is 15.4 Å². The fraction of sp³-hybridized carbons (Fsp3) is 0.333. The van der Waals surface area contributed by atoms with E-state index in [2.05, 4.69) is 4.90 Å². The van der Waals surface area contributed by atoms with E-state index in [1.165, 1.54) is 18.4 Å². The summed E-state index contributed by atoms with van der Waals surface area (Å²) in [5, 5.41) is 1.78. The lowest BCUT2D eigenvalue weighted by Crippen LogP contribution is -2.25. The summed E-state index contributed by atoms with van der Waals surface area (Å²) >= 11 is 7.44. The highest BCUT2D eigenvalue weighted by atomic mass is 35.5. The van der Waals surface area contributed by atoms with Crippen LogP contribution < -0.4 is 10.3 Å². The number of hydrogen-bond donors (Lipinski definition) is 0. The molecule has 2 aromatic rings. The molecular weight excluding hydrogens is 310 g/mol. The smallest absolute Gasteiger partial charge is 0.344 e. The van der Waals surface area contributed by atoms with Gasteiger partial charge in [0.05, 0.1) is 7.11 Å². The van der Waals surface area contributed by atoms with Crippen LogP contribution in [0.1, 0.15) is 23.2 Å². The van der Waals surface area contributed by atoms with E-state index in [4.69, 9.17) is 16.3 Å². The highest BCUT2D eigenvalue weighted by molar-refractivity contribution is 7.22. The van der Waals surface area contributed by atoms with Crippen molar-refractivity contribution in [3.8, 4) is 0 Å². The molecular formula is C15H14ClNO3S. The number of fused-ring (bicyclic) bond motifs is 1. The molecule has 0 radical (unpaired) electrons. The maximum Gasteiger partial charge on any atom is 0.344 e. The van der Waals surface area contributed by atoms with Gasteiger partial charge in [-0.05, 0) is 31.0 Å². The van der Waals surface area contributed by atoms with E-state index in [1.807, 2.05) is 0 Å². The van der Waals surface area contributed by atoms with Gasteiger partial charge in [-0.2, -0.15) is 0 Å². The lowest BCUT2D eigenvalue weighted by atomic mass is 10.2. The summed E-state index contributed by atoms with van der Waals surface area (Å²) in [4.78, 5) is 26.8. The van der Waals surface area contributed by atoms with Crippen LogP contribution in [0.5, 0.6) is 0 Å². The Labute approximate surface area is 130 Å². The zero-order valence-electron chi connectivity index (χ0n) is 11.5. The van der Waals surface area contributed by atoms with Crippen LogP contribution in [0.25, 0.3) is 10.1 Å². The zero-order chi connectivity index (χ0) is 15.0. The van der Waals surface area contributed by atoms with Gasteiger partial charge in [0.2, 0.25) is 5.43 Å². The Morgan fingerprint density at radius 1 is 1.33 bits per heavy atom. The Hall–Kier alpha value is -1.59. The number of anilines is 1. The van der Waals surface area contributed by atoms with E-state index >= 15 is 0 Å². The van der Waals surface area contributed by atoms with Crippen molar-refractivity contribution in [3.63, 3.8) is 0 Å². The van der Waals surface area contributed by atoms with E-state index in [0.717, 1.165) is 30.6 Å². The van der Waals surface area contributed by atoms with Gasteiger partial charge < -0.3 is 9.64 Å². The maximum absolute atomic E-state index is 12.7. The first-order chi connectivity index (χ1) is 10.1. The minimum absolute atomic E-state index is 0.138. The van der Waals surface area contributed by atoms with Crippen molar-refractivity contribution in [2.75, 3.05) is 25.1 Å². The van der Waals surface area contributed by atoms with Crippen LogP contribution >= 0.6 is 22.9 Å². The average Bonchev–Trinajstić information content (AvgIpc) is 3.00. The van der Waals surface area contributed by atoms with E-state index in [1.54, 1.807) is 18.2 Å². The van der Waals surface area contributed by atoms with Gasteiger partial charge >= 0.3 is 5.97 Å². The molecule has 2 heterocycles. The van der Waals surface area contributed by atoms with Crippen LogP contribution in [0.4, 0.5) is 5.00 Å². The van der Waals surface area contributed by atoms with Crippen molar-refractivity contribution in [2.45, 2.75) is 12.8 Å². The van der Waals surface area contributed by atoms with Crippen molar-refractivity contribution in [1.82, 2.24) is 0 Å². The van der Waals surface area contributed by atoms with Gasteiger partial charge in [-0.3, -0.25) is 4.79 Å². The third kappa shape index (κ3) is 2.51. The van der Waals surface area contributed by atoms with Crippen molar-refractivity contribution in [2.24, 2.45) is 0 Å². The molecule has 1 fully saturated rings. The fourth-order valence-electron chi connectivity index (χ4n) is 2.58. The second-order valence-electron chi connectivity index (χ2n) is 4.94. The zero-order valence-corrected chi connectivity index (χ0v) is 13.1. The number of nitrogens with zero attached hydrogens (tertiary/aromatic N) is 1. The molecule has 0 bridgehead atoms. The summed E-state index contributed by atoms with van der Waals surface area (Å²) in [5.41, 5.74) is -0.145. The first-order valence-electron chi connectivity index (χ1n) is 6.71. The molecule has 1 aromatic heterocycles. The topological polar surface area (TPSA) is 46.6 Å². The molecule has 1 saturated heterocycles. The summed E-state index contributed by atoms with van der Waals surface area (Å²) in [6, 6.07) is 5.09. The van der Waals surface area contributed by atoms with Gasteiger partial charge in [0.1, 0.15) is 10.6 Å². The quantitative estimate of drug-likeness (QED) is 0.796. The Morgan fingerprint density at radius 3 is 2.71 bits per heavy atom. The highest BCUT2D eigenvalue weighted by Crippen LogP contribution is 2.33. The predicted molar refractivity (Wildman–Crippen MR) is 85.9 cm³/mol. The summed E-state index contributed by atoms with van der Waals surface area (Å²) in [7, 11) is 1.30. The van der Waals surface area contributed by atoms with Gasteiger partial charge in [0, 0.05) is 28.2 Å². The fourth-order valence-corrected chi connectivity index (χ4v) is 4.07. The molecule has 1 aliphatic heterocycles. The minimum Gasteiger partial charge on any atom is -0.465 e. The number of carbonyl (C=O) groups is 1. The summed E-state index contributed by atoms with van der Waals surface area (Å²) in [5.74, 6) is -0.574. The predicted octanol–water partition coefficient (Wildman–Crippen LogP) is 3.30. The molecule has 0 atom stereocenters. The second kappa shape index (κ2) is 5.66. The van der Waals surface area contributed by atoms with Crippen LogP contribution in [0.3, 0.4) is 0 Å². The Kier molecular flexibility index (Phi) is 3.87. The van der Waals surface area contributed by atoms with Crippen LogP contribution in [0.2, 0.25) is 5.02 Å². The molecule has 0 aliphatic carbocycles. The molecule has 1 aliphatic rings. The van der Waals surface area contributed by atoms with E-state index in [9.17, 15) is 9.59 Å². The summed E-state index contributed by atoms with van der Waals surface area (Å²) in [6.45, 7) is 1.71. The molecule has 110 valence electrons. The maximum atomic E-state index is 12.7. The SMILES string of the molecule is COC(=O)c1c(N2CCCC2)sc2cc(Cl)ccc2c1=O. The molecule has 1 aromatic carbocycles. The van der Waals surface area contributed by atoms with Crippen LogP contribution in [0.15, 0.2) is 23.0 Å². The third-order valence-corrected chi connectivity index (χ3v) is 5.07. The van der Waals surface area contributed by atoms with Crippen LogP contribution in [-0.4, -0.2) is 26.2 Å². The Morgan fingerprint density at radius 2 is 2.05 bits per heavy atom. The van der Waals surface area contributed by atoms with E-state index < -0.39 is 5.97 Å². The number of hydrogen-bond acceptors (Lipinski definition) is 5. The van der Waals surface area contributed by atoms with Crippen LogP contribution in [-0.2, 0) is 4.74 Å². The lowest BCUT2D eigenvalue weighted by Gasteiger charge is -2.19. The summed E-state index contributed by atoms with van der Waals surface area (Å²) < 4.78 is 5.60. The average molecular weight is 324 g/mol. The van der Waals surface area contributed by atoms with Crippen molar-refractivity contribution < 1.29 is 9.53 Å². The molecule has 0 amide bonds. The van der Waals surface area contributed by atoms with Crippen LogP contribution in [0, 0.1) is 0 Å². The van der Waals surface area contributed by atoms with Gasteiger partial charge in [0.25, 0.3) is 0 Å². The van der Waals surface area contributed by atoms with Gasteiger partial charge in [-0.25, -0.2) is 4.79 Å². The number of halogens is 1. The number of ether oxygens (including phenoxy) is 1. The number of benzene rings is 1. The van der Waals surface area contributed by atoms with Crippen molar-refractivity contribution in [3.05, 3.63) is 39.0 Å². The van der Waals surface area contributed by atoms with Crippen molar-refractivity contribution >= 4 is 44.0 Å². The standard InChI is InChI=1S/C15H14ClNO3S/c1-20-15(19)12-13(18)10-5-4-9(16)8-11(10)21-14(12)17-6-2-3-7-17/h4-5,8H,2-3,6-7H2,1H3. The molecule has 6 heteroatoms. The second-order valence-corrected chi connectivity index (χ2v) is 6.40. The first kappa shape index (κ1) is 14.4. The monoisotopic (exact) mass is 323 g/mol. The molecule has 0 spiro atoms. The number of methoxy groups -OCH3 is 1. The molecule has 4 nitrogen and oxygen atoms in total. The van der Waals surface area contributed by atoms with Gasteiger partial charge in [-0.15, -0.1) is 11.3 Å². The Balaban J connectivity index is 2.31. The summed E-state index contributed by atoms with van der Waals surface area (Å²) in [6.07, 6.45) is 2.13. The molecule has 0 N–H and O–H groups in total. The van der Waals surface area contributed by atoms with Gasteiger partial charge in [-0.1, -0.05) is 11.6 Å². The van der Waals surface area contributed by atoms with Gasteiger partial charge in [0.15, 0.2) is 0 Å². The molecule has 21 heavy (non-hydrogen) atoms. The number of rotatable bonds is 2. The molecule has 0 unspecified atom stereocenters. The van der Waals surface area contributed by atoms with E-state index in [-0.39, 0.29) is 11.0 Å². The first-order valence-corrected chi connectivity index (χ1v) is 7.91. The third-order valence-electron chi connectivity index (χ3n) is 3.62. The lowest BCUT2D eigenvalue weighted by molar-refractivity contribution is 0.0600. The number of carbonyl (C=O) groups excluding carboxylic acids is 1. The largest absolute Gasteiger partial charge is 0.465 e. The highest BCUT2D eigenvalue weighted by Gasteiger charge is 2.25. The normalized spacial score (nSPS) is 14.7. The van der Waals surface area contributed by atoms with Crippen molar-refractivity contribution in [1.29, 1.82) is 0 Å². The Bertz CT molecular complexity index is 765. The number of esters is 1.